The molecule has 2 heterocycles. The smallest absolute Gasteiger partial charge is 0.489 e. The molecule has 5 nitrogen and oxygen atoms in total. The molecule has 1 N–H and O–H groups in total. The average Bonchev–Trinajstić information content (AvgIpc) is 3.33. The first-order valence-electron chi connectivity index (χ1n) is 10.9. The Hall–Kier alpha value is -2.45. The normalized spacial score (nSPS) is 21.4. The molecule has 0 unspecified atom stereocenters. The van der Waals surface area contributed by atoms with Crippen molar-refractivity contribution in [3.63, 3.8) is 0 Å². The predicted octanol–water partition coefficient (Wildman–Crippen LogP) is 4.25. The van der Waals surface area contributed by atoms with Crippen molar-refractivity contribution in [2.45, 2.75) is 64.1 Å². The number of amides is 1. The van der Waals surface area contributed by atoms with E-state index in [-0.39, 0.29) is 22.4 Å². The van der Waals surface area contributed by atoms with Gasteiger partial charge in [0.1, 0.15) is 5.82 Å². The van der Waals surface area contributed by atoms with Gasteiger partial charge in [0.25, 0.3) is 5.91 Å². The van der Waals surface area contributed by atoms with Gasteiger partial charge in [0.05, 0.1) is 23.4 Å². The number of fused-ring (bicyclic) bond motifs is 2. The van der Waals surface area contributed by atoms with E-state index < -0.39 is 35.9 Å². The Morgan fingerprint density at radius 2 is 1.72 bits per heavy atom. The van der Waals surface area contributed by atoms with E-state index in [0.717, 1.165) is 18.4 Å². The Balaban J connectivity index is 1.44. The van der Waals surface area contributed by atoms with Gasteiger partial charge >= 0.3 is 7.12 Å². The molecule has 2 aliphatic heterocycles. The number of benzene rings is 2. The first-order valence-corrected chi connectivity index (χ1v) is 10.9. The van der Waals surface area contributed by atoms with Gasteiger partial charge in [-0.1, -0.05) is 6.07 Å². The van der Waals surface area contributed by atoms with E-state index >= 15 is 4.39 Å². The summed E-state index contributed by atoms with van der Waals surface area (Å²) in [6.07, 6.45) is 1.93. The summed E-state index contributed by atoms with van der Waals surface area (Å²) in [5.41, 5.74) is 0.735. The van der Waals surface area contributed by atoms with Crippen LogP contribution in [0.2, 0.25) is 0 Å². The number of rotatable bonds is 3. The number of ether oxygens (including phenoxy) is 1. The largest absolute Gasteiger partial charge is 0.495 e. The summed E-state index contributed by atoms with van der Waals surface area (Å²) in [5, 5.41) is 2.66. The molecule has 1 saturated heterocycles. The number of carbonyl (C=O) groups excluding carboxylic acids is 1. The van der Waals surface area contributed by atoms with Crippen LogP contribution in [0.5, 0.6) is 5.75 Å². The third-order valence-corrected chi connectivity index (χ3v) is 7.43. The first-order chi connectivity index (χ1) is 14.9. The summed E-state index contributed by atoms with van der Waals surface area (Å²) >= 11 is 0. The maximum absolute atomic E-state index is 15.1. The maximum atomic E-state index is 15.1. The van der Waals surface area contributed by atoms with Crippen LogP contribution in [0.4, 0.5) is 14.5 Å². The van der Waals surface area contributed by atoms with E-state index in [1.54, 1.807) is 13.0 Å². The molecule has 0 atom stereocenters. The molecule has 2 aromatic rings. The van der Waals surface area contributed by atoms with Gasteiger partial charge in [-0.05, 0) is 76.7 Å². The summed E-state index contributed by atoms with van der Waals surface area (Å²) in [7, 11) is -0.786. The van der Waals surface area contributed by atoms with Crippen LogP contribution >= 0.6 is 0 Å². The minimum Gasteiger partial charge on any atom is -0.489 e. The molecule has 8 heteroatoms. The van der Waals surface area contributed by atoms with Gasteiger partial charge in [-0.25, -0.2) is 8.78 Å². The minimum absolute atomic E-state index is 0.0813. The van der Waals surface area contributed by atoms with Crippen LogP contribution in [0.25, 0.3) is 0 Å². The molecule has 5 rings (SSSR count). The van der Waals surface area contributed by atoms with Crippen LogP contribution in [0, 0.1) is 18.6 Å². The second kappa shape index (κ2) is 6.78. The standard InChI is InChI=1S/C24H26BF2NO4/c1-13-17(25-31-22(2,3)23(4,5)32-25)10-14(26)11-18(13)28-21(29)15-6-7-16-20(19(15)27)30-12-24(16)8-9-24/h6-7,10-11H,8-9,12H2,1-5H3,(H,28,29). The van der Waals surface area contributed by atoms with Crippen molar-refractivity contribution >= 4 is 24.2 Å². The second-order valence-corrected chi connectivity index (χ2v) is 10.1. The van der Waals surface area contributed by atoms with Crippen molar-refractivity contribution in [3.05, 3.63) is 52.6 Å². The topological polar surface area (TPSA) is 56.8 Å². The second-order valence-electron chi connectivity index (χ2n) is 10.1. The molecule has 1 spiro atoms. The number of nitrogens with one attached hydrogen (secondary N) is 1. The molecule has 0 bridgehead atoms. The van der Waals surface area contributed by atoms with Crippen LogP contribution in [-0.2, 0) is 14.7 Å². The predicted molar refractivity (Wildman–Crippen MR) is 118 cm³/mol. The fourth-order valence-electron chi connectivity index (χ4n) is 4.38. The monoisotopic (exact) mass is 441 g/mol. The molecule has 1 saturated carbocycles. The lowest BCUT2D eigenvalue weighted by Gasteiger charge is -2.32. The summed E-state index contributed by atoms with van der Waals surface area (Å²) in [6.45, 7) is 9.84. The van der Waals surface area contributed by atoms with Gasteiger partial charge < -0.3 is 19.4 Å². The third-order valence-electron chi connectivity index (χ3n) is 7.43. The van der Waals surface area contributed by atoms with Gasteiger partial charge in [0.15, 0.2) is 11.6 Å². The molecular weight excluding hydrogens is 415 g/mol. The van der Waals surface area contributed by atoms with Crippen molar-refractivity contribution < 1.29 is 27.6 Å². The average molecular weight is 441 g/mol. The molecule has 1 amide bonds. The Labute approximate surface area is 186 Å². The molecule has 0 aromatic heterocycles. The van der Waals surface area contributed by atoms with E-state index in [0.29, 0.717) is 17.6 Å². The van der Waals surface area contributed by atoms with Crippen LogP contribution in [0.1, 0.15) is 62.0 Å². The first kappa shape index (κ1) is 21.4. The summed E-state index contributed by atoms with van der Waals surface area (Å²) < 4.78 is 47.2. The number of hydrogen-bond acceptors (Lipinski definition) is 4. The number of anilines is 1. The van der Waals surface area contributed by atoms with Crippen molar-refractivity contribution in [2.24, 2.45) is 0 Å². The van der Waals surface area contributed by atoms with Crippen molar-refractivity contribution in [3.8, 4) is 5.75 Å². The highest BCUT2D eigenvalue weighted by Crippen LogP contribution is 2.56. The van der Waals surface area contributed by atoms with Crippen molar-refractivity contribution in [1.29, 1.82) is 0 Å². The fourth-order valence-corrected chi connectivity index (χ4v) is 4.38. The summed E-state index contributed by atoms with van der Waals surface area (Å²) in [4.78, 5) is 12.9. The zero-order valence-corrected chi connectivity index (χ0v) is 18.9. The van der Waals surface area contributed by atoms with Crippen LogP contribution in [0.15, 0.2) is 24.3 Å². The lowest BCUT2D eigenvalue weighted by molar-refractivity contribution is 0.00578. The molecule has 2 aromatic carbocycles. The zero-order chi connectivity index (χ0) is 23.1. The lowest BCUT2D eigenvalue weighted by Crippen LogP contribution is -2.41. The van der Waals surface area contributed by atoms with Crippen molar-refractivity contribution in [1.82, 2.24) is 0 Å². The Morgan fingerprint density at radius 3 is 2.34 bits per heavy atom. The molecule has 2 fully saturated rings. The SMILES string of the molecule is Cc1c(NC(=O)c2ccc3c(c2F)OCC32CC2)cc(F)cc1B1OC(C)(C)C(C)(C)O1. The molecule has 32 heavy (non-hydrogen) atoms. The van der Waals surface area contributed by atoms with Gasteiger partial charge in [-0.3, -0.25) is 4.79 Å². The van der Waals surface area contributed by atoms with Crippen LogP contribution < -0.4 is 15.5 Å². The summed E-state index contributed by atoms with van der Waals surface area (Å²) in [5.74, 6) is -1.74. The summed E-state index contributed by atoms with van der Waals surface area (Å²) in [6, 6.07) is 5.79. The van der Waals surface area contributed by atoms with Crippen molar-refractivity contribution in [2.75, 3.05) is 11.9 Å². The Bertz CT molecular complexity index is 1130. The fraction of sp³-hybridized carbons (Fsp3) is 0.458. The van der Waals surface area contributed by atoms with Gasteiger partial charge in [-0.15, -0.1) is 0 Å². The molecular formula is C24H26BF2NO4. The van der Waals surface area contributed by atoms with Gasteiger partial charge in [0, 0.05) is 16.7 Å². The highest BCUT2D eigenvalue weighted by Gasteiger charge is 2.53. The van der Waals surface area contributed by atoms with Crippen LogP contribution in [-0.4, -0.2) is 30.8 Å². The Kier molecular flexibility index (Phi) is 4.53. The van der Waals surface area contributed by atoms with Gasteiger partial charge in [-0.2, -0.15) is 0 Å². The third kappa shape index (κ3) is 3.15. The molecule has 168 valence electrons. The molecule has 3 aliphatic rings. The highest BCUT2D eigenvalue weighted by molar-refractivity contribution is 6.62. The van der Waals surface area contributed by atoms with E-state index in [1.807, 2.05) is 27.7 Å². The maximum Gasteiger partial charge on any atom is 0.495 e. The number of halogens is 2. The lowest BCUT2D eigenvalue weighted by atomic mass is 9.75. The zero-order valence-electron chi connectivity index (χ0n) is 18.9. The van der Waals surface area contributed by atoms with E-state index in [9.17, 15) is 9.18 Å². The quantitative estimate of drug-likeness (QED) is 0.724. The van der Waals surface area contributed by atoms with Gasteiger partial charge in [0.2, 0.25) is 0 Å². The molecule has 1 aliphatic carbocycles. The van der Waals surface area contributed by atoms with E-state index in [4.69, 9.17) is 14.0 Å². The van der Waals surface area contributed by atoms with Crippen LogP contribution in [0.3, 0.4) is 0 Å². The van der Waals surface area contributed by atoms with E-state index in [2.05, 4.69) is 5.32 Å². The highest BCUT2D eigenvalue weighted by atomic mass is 19.1. The Morgan fingerprint density at radius 1 is 1.06 bits per heavy atom. The number of carbonyl (C=O) groups is 1. The minimum atomic E-state index is -0.786. The molecule has 0 radical (unpaired) electrons. The van der Waals surface area contributed by atoms with E-state index in [1.165, 1.54) is 18.2 Å². The number of hydrogen-bond donors (Lipinski definition) is 1.